The smallest absolute Gasteiger partial charge is 0.265 e. The highest BCUT2D eigenvalue weighted by Crippen LogP contribution is 2.34. The molecule has 0 unspecified atom stereocenters. The number of allylic oxidation sites excluding steroid dienone is 1. The SMILES string of the molecule is C=CC(CC)(CC)c1cc(NC(=O)c2c(OC)cccc2OC)on1. The van der Waals surface area contributed by atoms with Crippen LogP contribution in [-0.4, -0.2) is 25.3 Å². The van der Waals surface area contributed by atoms with Gasteiger partial charge in [0.05, 0.1) is 19.9 Å². The van der Waals surface area contributed by atoms with Crippen LogP contribution in [0.1, 0.15) is 42.7 Å². The van der Waals surface area contributed by atoms with Gasteiger partial charge in [-0.3, -0.25) is 10.1 Å². The first kappa shape index (κ1) is 18.6. The highest BCUT2D eigenvalue weighted by Gasteiger charge is 2.29. The maximum atomic E-state index is 12.7. The lowest BCUT2D eigenvalue weighted by atomic mass is 9.79. The van der Waals surface area contributed by atoms with E-state index in [9.17, 15) is 4.79 Å². The molecule has 2 aromatic rings. The Balaban J connectivity index is 2.30. The normalized spacial score (nSPS) is 11.0. The first-order chi connectivity index (χ1) is 12.0. The Morgan fingerprint density at radius 1 is 1.28 bits per heavy atom. The summed E-state index contributed by atoms with van der Waals surface area (Å²) >= 11 is 0. The second-order valence-corrected chi connectivity index (χ2v) is 5.64. The van der Waals surface area contributed by atoms with Gasteiger partial charge in [0.15, 0.2) is 0 Å². The maximum absolute atomic E-state index is 12.7. The maximum Gasteiger partial charge on any atom is 0.265 e. The molecule has 1 aromatic carbocycles. The third kappa shape index (κ3) is 3.52. The minimum atomic E-state index is -0.394. The van der Waals surface area contributed by atoms with Gasteiger partial charge in [-0.1, -0.05) is 31.1 Å². The van der Waals surface area contributed by atoms with Crippen LogP contribution in [0.25, 0.3) is 0 Å². The molecule has 0 radical (unpaired) electrons. The average Bonchev–Trinajstić information content (AvgIpc) is 3.11. The van der Waals surface area contributed by atoms with Crippen molar-refractivity contribution in [2.24, 2.45) is 0 Å². The molecule has 0 saturated heterocycles. The molecule has 1 N–H and O–H groups in total. The van der Waals surface area contributed by atoms with Gasteiger partial charge in [0.2, 0.25) is 5.88 Å². The van der Waals surface area contributed by atoms with E-state index in [4.69, 9.17) is 14.0 Å². The summed E-state index contributed by atoms with van der Waals surface area (Å²) in [6.07, 6.45) is 3.56. The van der Waals surface area contributed by atoms with E-state index in [2.05, 4.69) is 30.9 Å². The number of amides is 1. The predicted octanol–water partition coefficient (Wildman–Crippen LogP) is 4.19. The number of benzene rings is 1. The van der Waals surface area contributed by atoms with Gasteiger partial charge in [-0.25, -0.2) is 0 Å². The number of nitrogens with one attached hydrogen (secondary N) is 1. The summed E-state index contributed by atoms with van der Waals surface area (Å²) < 4.78 is 15.8. The minimum Gasteiger partial charge on any atom is -0.496 e. The first-order valence-electron chi connectivity index (χ1n) is 8.18. The van der Waals surface area contributed by atoms with Gasteiger partial charge in [-0.05, 0) is 25.0 Å². The molecule has 6 nitrogen and oxygen atoms in total. The number of carbonyl (C=O) groups excluding carboxylic acids is 1. The molecule has 2 rings (SSSR count). The molecule has 0 aliphatic carbocycles. The van der Waals surface area contributed by atoms with Crippen LogP contribution < -0.4 is 14.8 Å². The average molecular weight is 344 g/mol. The lowest BCUT2D eigenvalue weighted by Crippen LogP contribution is -2.21. The first-order valence-corrected chi connectivity index (χ1v) is 8.18. The number of hydrogen-bond donors (Lipinski definition) is 1. The van der Waals surface area contributed by atoms with Crippen LogP contribution in [0.5, 0.6) is 11.5 Å². The van der Waals surface area contributed by atoms with E-state index in [1.54, 1.807) is 24.3 Å². The van der Waals surface area contributed by atoms with Crippen molar-refractivity contribution in [3.05, 3.63) is 48.2 Å². The number of aromatic nitrogens is 1. The second-order valence-electron chi connectivity index (χ2n) is 5.64. The molecule has 0 atom stereocenters. The number of nitrogens with zero attached hydrogens (tertiary/aromatic N) is 1. The number of ether oxygens (including phenoxy) is 2. The quantitative estimate of drug-likeness (QED) is 0.727. The van der Waals surface area contributed by atoms with E-state index in [1.165, 1.54) is 14.2 Å². The van der Waals surface area contributed by atoms with E-state index in [0.29, 0.717) is 17.1 Å². The molecule has 0 aliphatic rings. The molecule has 1 amide bonds. The van der Waals surface area contributed by atoms with E-state index in [1.807, 2.05) is 6.08 Å². The van der Waals surface area contributed by atoms with Crippen molar-refractivity contribution >= 4 is 11.8 Å². The number of rotatable bonds is 8. The standard InChI is InChI=1S/C19H24N2O4/c1-6-19(7-2,8-3)15-12-16(25-21-15)20-18(22)17-13(23-4)10-9-11-14(17)24-5/h6,9-12H,1,7-8H2,2-5H3,(H,20,22). The molecule has 0 fully saturated rings. The van der Waals surface area contributed by atoms with Crippen molar-refractivity contribution in [1.82, 2.24) is 5.16 Å². The van der Waals surface area contributed by atoms with Crippen molar-refractivity contribution in [3.8, 4) is 11.5 Å². The minimum absolute atomic E-state index is 0.265. The van der Waals surface area contributed by atoms with Gasteiger partial charge in [-0.15, -0.1) is 6.58 Å². The highest BCUT2D eigenvalue weighted by atomic mass is 16.5. The van der Waals surface area contributed by atoms with Gasteiger partial charge >= 0.3 is 0 Å². The Morgan fingerprint density at radius 2 is 1.88 bits per heavy atom. The summed E-state index contributed by atoms with van der Waals surface area (Å²) in [7, 11) is 3.00. The van der Waals surface area contributed by atoms with Crippen LogP contribution in [0.2, 0.25) is 0 Å². The molecule has 0 spiro atoms. The zero-order valence-electron chi connectivity index (χ0n) is 15.1. The molecule has 1 heterocycles. The summed E-state index contributed by atoms with van der Waals surface area (Å²) in [5, 5.41) is 6.82. The van der Waals surface area contributed by atoms with E-state index in [0.717, 1.165) is 18.5 Å². The zero-order chi connectivity index (χ0) is 18.4. The van der Waals surface area contributed by atoms with Crippen LogP contribution in [0, 0.1) is 0 Å². The Kier molecular flexibility index (Phi) is 5.85. The third-order valence-electron chi connectivity index (χ3n) is 4.56. The van der Waals surface area contributed by atoms with Crippen molar-refractivity contribution in [3.63, 3.8) is 0 Å². The van der Waals surface area contributed by atoms with Gasteiger partial charge in [0.25, 0.3) is 5.91 Å². The van der Waals surface area contributed by atoms with Crippen molar-refractivity contribution in [1.29, 1.82) is 0 Å². The summed E-state index contributed by atoms with van der Waals surface area (Å²) in [6.45, 7) is 8.05. The molecule has 6 heteroatoms. The fourth-order valence-electron chi connectivity index (χ4n) is 2.82. The van der Waals surface area contributed by atoms with E-state index in [-0.39, 0.29) is 11.3 Å². The molecule has 0 bridgehead atoms. The Labute approximate surface area is 147 Å². The van der Waals surface area contributed by atoms with Crippen LogP contribution >= 0.6 is 0 Å². The number of anilines is 1. The predicted molar refractivity (Wildman–Crippen MR) is 96.5 cm³/mol. The van der Waals surface area contributed by atoms with Crippen molar-refractivity contribution < 1.29 is 18.8 Å². The van der Waals surface area contributed by atoms with Crippen LogP contribution in [0.15, 0.2) is 41.4 Å². The largest absolute Gasteiger partial charge is 0.496 e. The fourth-order valence-corrected chi connectivity index (χ4v) is 2.82. The Bertz CT molecular complexity index is 725. The number of carbonyl (C=O) groups is 1. The van der Waals surface area contributed by atoms with Crippen LogP contribution in [0.4, 0.5) is 5.88 Å². The Morgan fingerprint density at radius 3 is 2.36 bits per heavy atom. The molecular formula is C19H24N2O4. The van der Waals surface area contributed by atoms with Gasteiger partial charge in [0, 0.05) is 11.5 Å². The zero-order valence-corrected chi connectivity index (χ0v) is 15.1. The van der Waals surface area contributed by atoms with E-state index < -0.39 is 5.91 Å². The fraction of sp³-hybridized carbons (Fsp3) is 0.368. The van der Waals surface area contributed by atoms with Crippen molar-refractivity contribution in [2.75, 3.05) is 19.5 Å². The molecule has 25 heavy (non-hydrogen) atoms. The molecule has 134 valence electrons. The summed E-state index contributed by atoms with van der Waals surface area (Å²) in [6, 6.07) is 6.87. The molecular weight excluding hydrogens is 320 g/mol. The molecule has 0 aliphatic heterocycles. The number of hydrogen-bond acceptors (Lipinski definition) is 5. The summed E-state index contributed by atoms with van der Waals surface area (Å²) in [4.78, 5) is 12.7. The third-order valence-corrected chi connectivity index (χ3v) is 4.56. The van der Waals surface area contributed by atoms with Crippen LogP contribution in [0.3, 0.4) is 0 Å². The van der Waals surface area contributed by atoms with Crippen molar-refractivity contribution in [2.45, 2.75) is 32.1 Å². The molecule has 1 aromatic heterocycles. The monoisotopic (exact) mass is 344 g/mol. The van der Waals surface area contributed by atoms with Gasteiger partial charge in [0.1, 0.15) is 17.1 Å². The summed E-state index contributed by atoms with van der Waals surface area (Å²) in [5.74, 6) is 0.702. The highest BCUT2D eigenvalue weighted by molar-refractivity contribution is 6.07. The van der Waals surface area contributed by atoms with Crippen LogP contribution in [-0.2, 0) is 5.41 Å². The topological polar surface area (TPSA) is 73.6 Å². The Hall–Kier alpha value is -2.76. The van der Waals surface area contributed by atoms with E-state index >= 15 is 0 Å². The lowest BCUT2D eigenvalue weighted by Gasteiger charge is -2.24. The number of methoxy groups -OCH3 is 2. The second kappa shape index (κ2) is 7.88. The summed E-state index contributed by atoms with van der Waals surface area (Å²) in [5.41, 5.74) is 0.774. The lowest BCUT2D eigenvalue weighted by molar-refractivity contribution is 0.101. The van der Waals surface area contributed by atoms with Gasteiger partial charge in [-0.2, -0.15) is 0 Å². The van der Waals surface area contributed by atoms with Gasteiger partial charge < -0.3 is 14.0 Å². The molecule has 0 saturated carbocycles.